The summed E-state index contributed by atoms with van der Waals surface area (Å²) in [4.78, 5) is 7.07. The first-order valence-electron chi connectivity index (χ1n) is 5.86. The van der Waals surface area contributed by atoms with E-state index >= 15 is 0 Å². The molecule has 1 aromatic carbocycles. The molecule has 0 unspecified atom stereocenters. The zero-order valence-corrected chi connectivity index (χ0v) is 12.0. The second-order valence-electron chi connectivity index (χ2n) is 4.15. The molecule has 3 nitrogen and oxygen atoms in total. The van der Waals surface area contributed by atoms with Crippen LogP contribution >= 0.6 is 22.7 Å². The molecule has 2 aromatic heterocycles. The van der Waals surface area contributed by atoms with Gasteiger partial charge in [0.15, 0.2) is 5.13 Å². The number of nitrogen functional groups attached to an aromatic ring is 1. The maximum absolute atomic E-state index is 5.77. The number of nitrogens with zero attached hydrogens (tertiary/aromatic N) is 1. The van der Waals surface area contributed by atoms with E-state index in [1.165, 1.54) is 9.75 Å². The number of nitrogens with one attached hydrogen (secondary N) is 1. The van der Waals surface area contributed by atoms with E-state index in [1.54, 1.807) is 22.7 Å². The molecule has 0 fully saturated rings. The quantitative estimate of drug-likeness (QED) is 0.697. The van der Waals surface area contributed by atoms with Gasteiger partial charge >= 0.3 is 0 Å². The molecule has 0 aliphatic carbocycles. The first kappa shape index (κ1) is 12.2. The number of rotatable bonds is 3. The Labute approximate surface area is 119 Å². The average molecular weight is 287 g/mol. The minimum Gasteiger partial charge on any atom is -0.399 e. The summed E-state index contributed by atoms with van der Waals surface area (Å²) in [6.07, 6.45) is 0. The smallest absolute Gasteiger partial charge is 0.188 e. The molecule has 3 rings (SSSR count). The van der Waals surface area contributed by atoms with Gasteiger partial charge in [-0.15, -0.1) is 22.7 Å². The van der Waals surface area contributed by atoms with Crippen molar-refractivity contribution in [2.45, 2.75) is 6.92 Å². The van der Waals surface area contributed by atoms with Crippen molar-refractivity contribution in [1.82, 2.24) is 4.98 Å². The fourth-order valence-electron chi connectivity index (χ4n) is 1.83. The van der Waals surface area contributed by atoms with Gasteiger partial charge in [-0.25, -0.2) is 4.98 Å². The molecule has 0 spiro atoms. The topological polar surface area (TPSA) is 50.9 Å². The summed E-state index contributed by atoms with van der Waals surface area (Å²) in [5, 5.41) is 6.26. The Kier molecular flexibility index (Phi) is 3.23. The normalized spacial score (nSPS) is 10.6. The number of aryl methyl sites for hydroxylation is 1. The first-order chi connectivity index (χ1) is 9.22. The van der Waals surface area contributed by atoms with E-state index in [0.29, 0.717) is 0 Å². The van der Waals surface area contributed by atoms with Gasteiger partial charge in [-0.05, 0) is 36.6 Å². The summed E-state index contributed by atoms with van der Waals surface area (Å²) in [6, 6.07) is 11.8. The van der Waals surface area contributed by atoms with Crippen molar-refractivity contribution < 1.29 is 0 Å². The maximum Gasteiger partial charge on any atom is 0.188 e. The molecule has 96 valence electrons. The standard InChI is InChI=1S/C14H13N3S2/c1-9-13(12-6-3-7-18-12)17-14(19-9)16-11-5-2-4-10(15)8-11/h2-8H,15H2,1H3,(H,16,17). The van der Waals surface area contributed by atoms with Gasteiger partial charge in [-0.2, -0.15) is 0 Å². The van der Waals surface area contributed by atoms with Crippen LogP contribution in [0.4, 0.5) is 16.5 Å². The minimum atomic E-state index is 0.747. The SMILES string of the molecule is Cc1sc(Nc2cccc(N)c2)nc1-c1cccs1. The van der Waals surface area contributed by atoms with E-state index in [-0.39, 0.29) is 0 Å². The molecule has 19 heavy (non-hydrogen) atoms. The lowest BCUT2D eigenvalue weighted by Crippen LogP contribution is -1.91. The number of thiophene rings is 1. The van der Waals surface area contributed by atoms with Gasteiger partial charge in [0, 0.05) is 16.3 Å². The summed E-state index contributed by atoms with van der Waals surface area (Å²) in [6.45, 7) is 2.09. The highest BCUT2D eigenvalue weighted by Gasteiger charge is 2.10. The number of anilines is 3. The van der Waals surface area contributed by atoms with Gasteiger partial charge < -0.3 is 11.1 Å². The van der Waals surface area contributed by atoms with Crippen molar-refractivity contribution in [3.63, 3.8) is 0 Å². The Morgan fingerprint density at radius 2 is 2.11 bits per heavy atom. The molecule has 0 aliphatic heterocycles. The second kappa shape index (κ2) is 5.03. The number of thiazole rings is 1. The van der Waals surface area contributed by atoms with Crippen molar-refractivity contribution in [3.05, 3.63) is 46.7 Å². The summed E-state index contributed by atoms with van der Waals surface area (Å²) >= 11 is 3.37. The van der Waals surface area contributed by atoms with Gasteiger partial charge in [0.25, 0.3) is 0 Å². The van der Waals surface area contributed by atoms with Gasteiger partial charge in [-0.3, -0.25) is 0 Å². The molecular weight excluding hydrogens is 274 g/mol. The summed E-state index contributed by atoms with van der Waals surface area (Å²) in [7, 11) is 0. The maximum atomic E-state index is 5.77. The van der Waals surface area contributed by atoms with Crippen molar-refractivity contribution in [2.75, 3.05) is 11.1 Å². The molecule has 0 radical (unpaired) electrons. The summed E-state index contributed by atoms with van der Waals surface area (Å²) < 4.78 is 0. The van der Waals surface area contributed by atoms with Gasteiger partial charge in [0.2, 0.25) is 0 Å². The van der Waals surface area contributed by atoms with Crippen LogP contribution in [0, 0.1) is 6.92 Å². The van der Waals surface area contributed by atoms with Gasteiger partial charge in [0.05, 0.1) is 10.6 Å². The van der Waals surface area contributed by atoms with E-state index in [0.717, 1.165) is 22.2 Å². The van der Waals surface area contributed by atoms with E-state index in [9.17, 15) is 0 Å². The molecular formula is C14H13N3S2. The van der Waals surface area contributed by atoms with Crippen molar-refractivity contribution in [2.24, 2.45) is 0 Å². The van der Waals surface area contributed by atoms with Crippen LogP contribution in [0.25, 0.3) is 10.6 Å². The molecule has 0 amide bonds. The highest BCUT2D eigenvalue weighted by atomic mass is 32.1. The molecule has 0 bridgehead atoms. The summed E-state index contributed by atoms with van der Waals surface area (Å²) in [5.74, 6) is 0. The van der Waals surface area contributed by atoms with Crippen LogP contribution < -0.4 is 11.1 Å². The predicted molar refractivity (Wildman–Crippen MR) is 84.3 cm³/mol. The third-order valence-corrected chi connectivity index (χ3v) is 4.45. The number of hydrogen-bond acceptors (Lipinski definition) is 5. The molecule has 2 heterocycles. The van der Waals surface area contributed by atoms with Gasteiger partial charge in [-0.1, -0.05) is 12.1 Å². The molecule has 5 heteroatoms. The fraction of sp³-hybridized carbons (Fsp3) is 0.0714. The van der Waals surface area contributed by atoms with Crippen molar-refractivity contribution >= 4 is 39.2 Å². The molecule has 0 aliphatic rings. The lowest BCUT2D eigenvalue weighted by Gasteiger charge is -2.02. The van der Waals surface area contributed by atoms with E-state index in [2.05, 4.69) is 28.7 Å². The summed E-state index contributed by atoms with van der Waals surface area (Å²) in [5.41, 5.74) is 8.54. The first-order valence-corrected chi connectivity index (χ1v) is 7.56. The highest BCUT2D eigenvalue weighted by Crippen LogP contribution is 2.34. The zero-order chi connectivity index (χ0) is 13.2. The van der Waals surface area contributed by atoms with Crippen LogP contribution in [0.15, 0.2) is 41.8 Å². The molecule has 0 atom stereocenters. The number of benzene rings is 1. The Bertz CT molecular complexity index is 687. The van der Waals surface area contributed by atoms with E-state index < -0.39 is 0 Å². The van der Waals surface area contributed by atoms with Crippen LogP contribution in [0.3, 0.4) is 0 Å². The Hall–Kier alpha value is -1.85. The number of hydrogen-bond donors (Lipinski definition) is 2. The molecule has 3 aromatic rings. The van der Waals surface area contributed by atoms with Crippen LogP contribution in [0.1, 0.15) is 4.88 Å². The fourth-order valence-corrected chi connectivity index (χ4v) is 3.52. The monoisotopic (exact) mass is 287 g/mol. The number of aromatic nitrogens is 1. The number of nitrogens with two attached hydrogens (primary N) is 1. The van der Waals surface area contributed by atoms with Crippen LogP contribution in [-0.2, 0) is 0 Å². The van der Waals surface area contributed by atoms with E-state index in [4.69, 9.17) is 5.73 Å². The third-order valence-electron chi connectivity index (χ3n) is 2.69. The molecule has 0 saturated heterocycles. The Morgan fingerprint density at radius 3 is 2.84 bits per heavy atom. The van der Waals surface area contributed by atoms with Crippen LogP contribution in [0.2, 0.25) is 0 Å². The Morgan fingerprint density at radius 1 is 1.21 bits per heavy atom. The average Bonchev–Trinajstić information content (AvgIpc) is 2.98. The molecule has 0 saturated carbocycles. The zero-order valence-electron chi connectivity index (χ0n) is 10.4. The van der Waals surface area contributed by atoms with E-state index in [1.807, 2.05) is 30.3 Å². The van der Waals surface area contributed by atoms with Crippen LogP contribution in [-0.4, -0.2) is 4.98 Å². The lowest BCUT2D eigenvalue weighted by atomic mass is 10.3. The molecule has 3 N–H and O–H groups in total. The third kappa shape index (κ3) is 2.62. The van der Waals surface area contributed by atoms with Crippen molar-refractivity contribution in [1.29, 1.82) is 0 Å². The largest absolute Gasteiger partial charge is 0.399 e. The lowest BCUT2D eigenvalue weighted by molar-refractivity contribution is 1.37. The predicted octanol–water partition coefficient (Wildman–Crippen LogP) is 4.51. The Balaban J connectivity index is 1.89. The highest BCUT2D eigenvalue weighted by molar-refractivity contribution is 7.17. The van der Waals surface area contributed by atoms with Gasteiger partial charge in [0.1, 0.15) is 0 Å². The second-order valence-corrected chi connectivity index (χ2v) is 6.30. The van der Waals surface area contributed by atoms with Crippen LogP contribution in [0.5, 0.6) is 0 Å². The minimum absolute atomic E-state index is 0.747. The van der Waals surface area contributed by atoms with Crippen molar-refractivity contribution in [3.8, 4) is 10.6 Å².